The Kier molecular flexibility index (Phi) is 2.58. The van der Waals surface area contributed by atoms with Gasteiger partial charge in [-0.1, -0.05) is 5.21 Å². The van der Waals surface area contributed by atoms with Gasteiger partial charge in [-0.2, -0.15) is 0 Å². The summed E-state index contributed by atoms with van der Waals surface area (Å²) in [5, 5.41) is 8.23. The summed E-state index contributed by atoms with van der Waals surface area (Å²) in [5.74, 6) is 0.711. The third-order valence-corrected chi connectivity index (χ3v) is 3.07. The Morgan fingerprint density at radius 2 is 2.00 bits per heavy atom. The molecule has 3 aromatic heterocycles. The molecule has 0 unspecified atom stereocenters. The minimum absolute atomic E-state index is 0.285. The van der Waals surface area contributed by atoms with Crippen LogP contribution in [0.25, 0.3) is 22.7 Å². The number of aryl methyl sites for hydroxylation is 2. The molecule has 19 heavy (non-hydrogen) atoms. The maximum atomic E-state index is 4.49. The summed E-state index contributed by atoms with van der Waals surface area (Å²) in [4.78, 5) is 12.2. The molecule has 0 saturated heterocycles. The number of aromatic amines is 1. The van der Waals surface area contributed by atoms with E-state index in [9.17, 15) is 0 Å². The molecule has 0 spiro atoms. The Morgan fingerprint density at radius 1 is 1.21 bits per heavy atom. The zero-order valence-corrected chi connectivity index (χ0v) is 11.5. The quantitative estimate of drug-likeness (QED) is 0.764. The van der Waals surface area contributed by atoms with E-state index in [-0.39, 0.29) is 6.04 Å². The highest BCUT2D eigenvalue weighted by Crippen LogP contribution is 2.20. The number of rotatable bonds is 2. The zero-order chi connectivity index (χ0) is 13.6. The van der Waals surface area contributed by atoms with E-state index in [2.05, 4.69) is 39.1 Å². The minimum Gasteiger partial charge on any atom is -0.335 e. The van der Waals surface area contributed by atoms with Crippen molar-refractivity contribution in [1.82, 2.24) is 29.9 Å². The zero-order valence-electron chi connectivity index (χ0n) is 11.5. The highest BCUT2D eigenvalue weighted by Gasteiger charge is 2.12. The van der Waals surface area contributed by atoms with Gasteiger partial charge >= 0.3 is 0 Å². The van der Waals surface area contributed by atoms with E-state index in [1.807, 2.05) is 30.8 Å². The van der Waals surface area contributed by atoms with E-state index in [0.29, 0.717) is 5.82 Å². The van der Waals surface area contributed by atoms with Crippen molar-refractivity contribution in [1.29, 1.82) is 0 Å². The molecule has 0 radical (unpaired) electrons. The Labute approximate surface area is 110 Å². The number of pyridine rings is 1. The molecule has 6 nitrogen and oxygen atoms in total. The van der Waals surface area contributed by atoms with Crippen LogP contribution in [-0.2, 0) is 0 Å². The van der Waals surface area contributed by atoms with Crippen molar-refractivity contribution in [3.63, 3.8) is 0 Å². The topological polar surface area (TPSA) is 72.3 Å². The summed E-state index contributed by atoms with van der Waals surface area (Å²) in [7, 11) is 0. The number of imidazole rings is 1. The van der Waals surface area contributed by atoms with Crippen LogP contribution in [0.1, 0.15) is 31.1 Å². The monoisotopic (exact) mass is 256 g/mol. The van der Waals surface area contributed by atoms with Gasteiger partial charge in [-0.3, -0.25) is 0 Å². The van der Waals surface area contributed by atoms with Crippen LogP contribution < -0.4 is 0 Å². The Balaban J connectivity index is 2.12. The first-order valence-corrected chi connectivity index (χ1v) is 6.31. The number of hydrogen-bond donors (Lipinski definition) is 1. The predicted octanol–water partition coefficient (Wildman–Crippen LogP) is 2.41. The van der Waals surface area contributed by atoms with Crippen molar-refractivity contribution >= 4 is 11.2 Å². The second-order valence-corrected chi connectivity index (χ2v) is 5.04. The molecule has 0 bridgehead atoms. The predicted molar refractivity (Wildman–Crippen MR) is 72.8 cm³/mol. The van der Waals surface area contributed by atoms with Crippen LogP contribution in [-0.4, -0.2) is 29.9 Å². The van der Waals surface area contributed by atoms with Gasteiger partial charge in [-0.05, 0) is 39.3 Å². The summed E-state index contributed by atoms with van der Waals surface area (Å²) in [5.41, 5.74) is 4.53. The number of nitrogens with zero attached hydrogens (tertiary/aromatic N) is 5. The van der Waals surface area contributed by atoms with E-state index in [1.54, 1.807) is 0 Å². The average molecular weight is 256 g/mol. The summed E-state index contributed by atoms with van der Waals surface area (Å²) < 4.78 is 1.81. The van der Waals surface area contributed by atoms with Crippen molar-refractivity contribution in [2.75, 3.05) is 0 Å². The second-order valence-electron chi connectivity index (χ2n) is 5.04. The fourth-order valence-electron chi connectivity index (χ4n) is 2.06. The fourth-order valence-corrected chi connectivity index (χ4v) is 2.06. The molecule has 0 aliphatic rings. The van der Waals surface area contributed by atoms with Crippen molar-refractivity contribution in [2.45, 2.75) is 33.7 Å². The number of hydrogen-bond acceptors (Lipinski definition) is 4. The number of H-pyrrole nitrogens is 1. The minimum atomic E-state index is 0.285. The summed E-state index contributed by atoms with van der Waals surface area (Å²) in [6, 6.07) is 2.32. The van der Waals surface area contributed by atoms with Gasteiger partial charge in [0.1, 0.15) is 5.69 Å². The van der Waals surface area contributed by atoms with Crippen LogP contribution in [0.5, 0.6) is 0 Å². The molecule has 1 N–H and O–H groups in total. The summed E-state index contributed by atoms with van der Waals surface area (Å²) in [6.07, 6.45) is 1.89. The highest BCUT2D eigenvalue weighted by atomic mass is 15.4. The van der Waals surface area contributed by atoms with Crippen molar-refractivity contribution in [3.05, 3.63) is 23.5 Å². The molecule has 0 atom stereocenters. The second kappa shape index (κ2) is 4.15. The van der Waals surface area contributed by atoms with Crippen LogP contribution in [0, 0.1) is 13.8 Å². The lowest BCUT2D eigenvalue weighted by Crippen LogP contribution is -2.00. The van der Waals surface area contributed by atoms with Gasteiger partial charge in [0.2, 0.25) is 0 Å². The fraction of sp³-hybridized carbons (Fsp3) is 0.385. The first-order chi connectivity index (χ1) is 9.04. The molecule has 6 heteroatoms. The number of fused-ring (bicyclic) bond motifs is 1. The normalized spacial score (nSPS) is 11.6. The van der Waals surface area contributed by atoms with Crippen molar-refractivity contribution in [3.8, 4) is 11.5 Å². The van der Waals surface area contributed by atoms with Crippen molar-refractivity contribution < 1.29 is 0 Å². The van der Waals surface area contributed by atoms with Gasteiger partial charge in [0.15, 0.2) is 11.5 Å². The number of aromatic nitrogens is 6. The van der Waals surface area contributed by atoms with E-state index in [1.165, 1.54) is 0 Å². The number of nitrogens with one attached hydrogen (secondary N) is 1. The third-order valence-electron chi connectivity index (χ3n) is 3.07. The lowest BCUT2D eigenvalue weighted by molar-refractivity contribution is 0.514. The highest BCUT2D eigenvalue weighted by molar-refractivity contribution is 5.78. The summed E-state index contributed by atoms with van der Waals surface area (Å²) in [6.45, 7) is 8.14. The average Bonchev–Trinajstić information content (AvgIpc) is 2.92. The van der Waals surface area contributed by atoms with Crippen LogP contribution in [0.3, 0.4) is 0 Å². The Hall–Kier alpha value is -2.24. The summed E-state index contributed by atoms with van der Waals surface area (Å²) >= 11 is 0. The van der Waals surface area contributed by atoms with Gasteiger partial charge in [-0.15, -0.1) is 5.10 Å². The molecule has 3 rings (SSSR count). The Bertz CT molecular complexity index is 737. The van der Waals surface area contributed by atoms with Gasteiger partial charge in [0.05, 0.1) is 11.7 Å². The van der Waals surface area contributed by atoms with E-state index >= 15 is 0 Å². The van der Waals surface area contributed by atoms with E-state index in [0.717, 1.165) is 28.1 Å². The van der Waals surface area contributed by atoms with Gasteiger partial charge in [-0.25, -0.2) is 14.6 Å². The first-order valence-electron chi connectivity index (χ1n) is 6.31. The maximum absolute atomic E-state index is 4.49. The SMILES string of the molecule is Cc1cc(C)c2[nH]c(-c3cn(C(C)C)nn3)nc2n1. The van der Waals surface area contributed by atoms with Crippen LogP contribution in [0.4, 0.5) is 0 Å². The maximum Gasteiger partial charge on any atom is 0.178 e. The third kappa shape index (κ3) is 1.99. The smallest absolute Gasteiger partial charge is 0.178 e. The molecule has 3 heterocycles. The van der Waals surface area contributed by atoms with Gasteiger partial charge < -0.3 is 4.98 Å². The van der Waals surface area contributed by atoms with Crippen molar-refractivity contribution in [2.24, 2.45) is 0 Å². The molecule has 0 aliphatic carbocycles. The molecule has 0 fully saturated rings. The van der Waals surface area contributed by atoms with Gasteiger partial charge in [0.25, 0.3) is 0 Å². The molecular weight excluding hydrogens is 240 g/mol. The molecule has 0 aromatic carbocycles. The van der Waals surface area contributed by atoms with Crippen LogP contribution >= 0.6 is 0 Å². The van der Waals surface area contributed by atoms with Crippen LogP contribution in [0.15, 0.2) is 12.3 Å². The molecule has 98 valence electrons. The molecule has 0 aliphatic heterocycles. The van der Waals surface area contributed by atoms with Gasteiger partial charge in [0, 0.05) is 11.7 Å². The Morgan fingerprint density at radius 3 is 2.68 bits per heavy atom. The molecular formula is C13H16N6. The molecule has 3 aromatic rings. The molecule has 0 saturated carbocycles. The van der Waals surface area contributed by atoms with E-state index < -0.39 is 0 Å². The largest absolute Gasteiger partial charge is 0.335 e. The lowest BCUT2D eigenvalue weighted by atomic mass is 10.2. The molecule has 0 amide bonds. The van der Waals surface area contributed by atoms with E-state index in [4.69, 9.17) is 0 Å². The standard InChI is InChI=1S/C13H16N6/c1-7(2)19-6-10(17-18-19)12-15-11-8(3)5-9(4)14-13(11)16-12/h5-7H,1-4H3,(H,14,15,16). The van der Waals surface area contributed by atoms with Crippen LogP contribution in [0.2, 0.25) is 0 Å². The first kappa shape index (κ1) is 11.8. The lowest BCUT2D eigenvalue weighted by Gasteiger charge is -2.00.